The number of fused-ring (bicyclic) bond motifs is 1. The number of nitrogen functional groups attached to an aromatic ring is 1. The molecule has 0 radical (unpaired) electrons. The average molecular weight is 558 g/mol. The van der Waals surface area contributed by atoms with Gasteiger partial charge in [-0.3, -0.25) is 14.5 Å². The molecule has 1 aromatic rings. The van der Waals surface area contributed by atoms with E-state index in [0.29, 0.717) is 11.3 Å². The van der Waals surface area contributed by atoms with Crippen LogP contribution >= 0.6 is 23.1 Å². The van der Waals surface area contributed by atoms with Gasteiger partial charge < -0.3 is 34.8 Å². The number of thiazole rings is 1. The zero-order valence-electron chi connectivity index (χ0n) is 20.7. The highest BCUT2D eigenvalue weighted by Crippen LogP contribution is 2.41. The minimum absolute atomic E-state index is 0.0353. The molecule has 0 bridgehead atoms. The summed E-state index contributed by atoms with van der Waals surface area (Å²) in [5, 5.41) is 7.49. The van der Waals surface area contributed by atoms with Crippen LogP contribution in [-0.4, -0.2) is 89.9 Å². The first-order chi connectivity index (χ1) is 17.6. The van der Waals surface area contributed by atoms with Crippen molar-refractivity contribution in [1.82, 2.24) is 15.2 Å². The fourth-order valence-electron chi connectivity index (χ4n) is 3.45. The van der Waals surface area contributed by atoms with E-state index in [2.05, 4.69) is 15.5 Å². The molecule has 3 rings (SSSR count). The van der Waals surface area contributed by atoms with Gasteiger partial charge in [-0.05, 0) is 19.4 Å². The lowest BCUT2D eigenvalue weighted by Gasteiger charge is -2.49. The Labute approximate surface area is 220 Å². The summed E-state index contributed by atoms with van der Waals surface area (Å²) in [7, 11) is 2.71. The minimum atomic E-state index is -1.28. The number of oxime groups is 1. The summed E-state index contributed by atoms with van der Waals surface area (Å²) in [6.07, 6.45) is -2.71. The number of rotatable bonds is 10. The van der Waals surface area contributed by atoms with E-state index in [-0.39, 0.29) is 28.8 Å². The molecule has 0 spiro atoms. The third-order valence-corrected chi connectivity index (χ3v) is 6.89. The lowest BCUT2D eigenvalue weighted by Crippen LogP contribution is -2.71. The molecule has 37 heavy (non-hydrogen) atoms. The molecule has 1 aromatic heterocycles. The number of carbonyl (C=O) groups excluding carboxylic acids is 4. The van der Waals surface area contributed by atoms with Crippen molar-refractivity contribution in [3.63, 3.8) is 0 Å². The van der Waals surface area contributed by atoms with Crippen molar-refractivity contribution in [1.29, 1.82) is 0 Å². The van der Waals surface area contributed by atoms with Gasteiger partial charge in [-0.1, -0.05) is 5.16 Å². The van der Waals surface area contributed by atoms with Crippen molar-refractivity contribution in [3.05, 3.63) is 22.3 Å². The first-order valence-corrected chi connectivity index (χ1v) is 12.9. The highest BCUT2D eigenvalue weighted by Gasteiger charge is 2.55. The zero-order valence-corrected chi connectivity index (χ0v) is 22.3. The number of ether oxygens (including phenoxy) is 4. The van der Waals surface area contributed by atoms with Gasteiger partial charge in [0.1, 0.15) is 29.9 Å². The van der Waals surface area contributed by atoms with Gasteiger partial charge in [-0.15, -0.1) is 23.1 Å². The number of thioether (sulfide) groups is 1. The molecule has 0 aromatic carbocycles. The molecule has 202 valence electrons. The van der Waals surface area contributed by atoms with Crippen molar-refractivity contribution in [2.75, 3.05) is 32.3 Å². The standard InChI is InChI=1S/C21H27N5O9S2/c1-9(2)33-21(30)35-10(3)34-19(29)15-11(6-31-4)7-36-18-14(17(28)26(15)18)24-16(27)13(25-32-5)12-8-37-20(22)23-12/h8-10,14,18H,6-7H2,1-5H3,(H2,22,23)(H,24,27)/b25-13-/t10?,14?,18-/m1/s1. The summed E-state index contributed by atoms with van der Waals surface area (Å²) < 4.78 is 20.2. The summed E-state index contributed by atoms with van der Waals surface area (Å²) >= 11 is 2.45. The first-order valence-electron chi connectivity index (χ1n) is 10.9. The van der Waals surface area contributed by atoms with E-state index in [4.69, 9.17) is 29.5 Å². The molecule has 2 amide bonds. The van der Waals surface area contributed by atoms with Crippen LogP contribution in [0, 0.1) is 0 Å². The Bertz CT molecular complexity index is 1120. The topological polar surface area (TPSA) is 181 Å². The van der Waals surface area contributed by atoms with E-state index in [1.165, 1.54) is 43.2 Å². The number of nitrogens with two attached hydrogens (primary N) is 1. The molecule has 2 aliphatic heterocycles. The monoisotopic (exact) mass is 557 g/mol. The molecule has 0 aliphatic carbocycles. The predicted molar refractivity (Wildman–Crippen MR) is 132 cm³/mol. The normalized spacial score (nSPS) is 20.1. The average Bonchev–Trinajstić information content (AvgIpc) is 3.25. The third kappa shape index (κ3) is 6.50. The van der Waals surface area contributed by atoms with E-state index >= 15 is 0 Å². The van der Waals surface area contributed by atoms with Crippen molar-refractivity contribution >= 4 is 57.9 Å². The van der Waals surface area contributed by atoms with Crippen molar-refractivity contribution < 1.29 is 43.0 Å². The molecule has 3 N–H and O–H groups in total. The largest absolute Gasteiger partial charge is 0.511 e. The van der Waals surface area contributed by atoms with Crippen LogP contribution in [0.2, 0.25) is 0 Å². The van der Waals surface area contributed by atoms with Gasteiger partial charge in [-0.2, -0.15) is 0 Å². The van der Waals surface area contributed by atoms with Crippen LogP contribution in [0.3, 0.4) is 0 Å². The number of hydrogen-bond donors (Lipinski definition) is 2. The first kappa shape index (κ1) is 28.2. The van der Waals surface area contributed by atoms with Crippen LogP contribution in [0.5, 0.6) is 0 Å². The number of aromatic nitrogens is 1. The molecule has 3 atom stereocenters. The van der Waals surface area contributed by atoms with Crippen molar-refractivity contribution in [2.45, 2.75) is 44.6 Å². The van der Waals surface area contributed by atoms with Crippen LogP contribution in [0.15, 0.2) is 21.8 Å². The van der Waals surface area contributed by atoms with E-state index in [1.807, 2.05) is 0 Å². The summed E-state index contributed by atoms with van der Waals surface area (Å²) in [4.78, 5) is 60.8. The fourth-order valence-corrected chi connectivity index (χ4v) is 5.32. The highest BCUT2D eigenvalue weighted by atomic mass is 32.2. The maximum absolute atomic E-state index is 13.1. The van der Waals surface area contributed by atoms with Gasteiger partial charge in [0, 0.05) is 25.2 Å². The molecule has 16 heteroatoms. The molecular formula is C21H27N5O9S2. The maximum Gasteiger partial charge on any atom is 0.511 e. The Balaban J connectivity index is 1.74. The predicted octanol–water partition coefficient (Wildman–Crippen LogP) is 0.827. The second kappa shape index (κ2) is 12.2. The van der Waals surface area contributed by atoms with Crippen molar-refractivity contribution in [2.24, 2.45) is 5.16 Å². The molecule has 2 unspecified atom stereocenters. The molecule has 14 nitrogen and oxygen atoms in total. The van der Waals surface area contributed by atoms with Gasteiger partial charge in [0.2, 0.25) is 6.29 Å². The zero-order chi connectivity index (χ0) is 27.3. The quantitative estimate of drug-likeness (QED) is 0.136. The Morgan fingerprint density at radius 1 is 1.24 bits per heavy atom. The van der Waals surface area contributed by atoms with Gasteiger partial charge in [-0.25, -0.2) is 14.6 Å². The Hall–Kier alpha value is -3.37. The number of nitrogens with one attached hydrogen (secondary N) is 1. The molecule has 3 heterocycles. The van der Waals surface area contributed by atoms with E-state index in [0.717, 1.165) is 11.3 Å². The lowest BCUT2D eigenvalue weighted by molar-refractivity contribution is -0.169. The second-order valence-corrected chi connectivity index (χ2v) is 9.94. The van der Waals surface area contributed by atoms with Gasteiger partial charge in [0.15, 0.2) is 10.8 Å². The molecule has 1 fully saturated rings. The van der Waals surface area contributed by atoms with Crippen LogP contribution in [-0.2, 0) is 38.2 Å². The Morgan fingerprint density at radius 2 is 1.97 bits per heavy atom. The van der Waals surface area contributed by atoms with Gasteiger partial charge in [0.05, 0.1) is 12.7 Å². The van der Waals surface area contributed by atoms with Gasteiger partial charge in [0.25, 0.3) is 11.8 Å². The number of methoxy groups -OCH3 is 1. The van der Waals surface area contributed by atoms with Crippen LogP contribution in [0.1, 0.15) is 26.5 Å². The second-order valence-electron chi connectivity index (χ2n) is 7.95. The molecule has 1 saturated heterocycles. The van der Waals surface area contributed by atoms with E-state index in [1.54, 1.807) is 13.8 Å². The van der Waals surface area contributed by atoms with Crippen LogP contribution in [0.25, 0.3) is 0 Å². The Morgan fingerprint density at radius 3 is 2.57 bits per heavy atom. The van der Waals surface area contributed by atoms with Gasteiger partial charge >= 0.3 is 12.1 Å². The summed E-state index contributed by atoms with van der Waals surface area (Å²) in [5.41, 5.74) is 6.15. The maximum atomic E-state index is 13.1. The summed E-state index contributed by atoms with van der Waals surface area (Å²) in [6, 6.07) is -0.961. The molecule has 0 saturated carbocycles. The third-order valence-electron chi connectivity index (χ3n) is 4.88. The van der Waals surface area contributed by atoms with E-state index in [9.17, 15) is 19.2 Å². The smallest absolute Gasteiger partial charge is 0.431 e. The number of hydrogen-bond acceptors (Lipinski definition) is 14. The Kier molecular flexibility index (Phi) is 9.34. The number of anilines is 1. The SMILES string of the molecule is COCC1=C(C(=O)OC(C)OC(=O)OC(C)C)N2C(=O)C(NC(=O)/C(=N\OC)c3csc(N)n3)[C@H]2SC1. The summed E-state index contributed by atoms with van der Waals surface area (Å²) in [6.45, 7) is 4.68. The highest BCUT2D eigenvalue weighted by molar-refractivity contribution is 8.00. The fraction of sp³-hybridized carbons (Fsp3) is 0.524. The number of esters is 1. The lowest BCUT2D eigenvalue weighted by atomic mass is 10.0. The summed E-state index contributed by atoms with van der Waals surface area (Å²) in [5.74, 6) is -1.81. The molecule has 2 aliphatic rings. The van der Waals surface area contributed by atoms with Crippen molar-refractivity contribution in [3.8, 4) is 0 Å². The minimum Gasteiger partial charge on any atom is -0.431 e. The number of nitrogens with zero attached hydrogens (tertiary/aromatic N) is 3. The van der Waals surface area contributed by atoms with Crippen LogP contribution in [0.4, 0.5) is 9.93 Å². The van der Waals surface area contributed by atoms with E-state index < -0.39 is 47.7 Å². The van der Waals surface area contributed by atoms with Crippen LogP contribution < -0.4 is 11.1 Å². The number of β-lactam (4-membered cyclic amide) rings is 1. The number of amides is 2. The molecular weight excluding hydrogens is 530 g/mol. The number of carbonyl (C=O) groups is 4.